The Morgan fingerprint density at radius 3 is 2.45 bits per heavy atom. The summed E-state index contributed by atoms with van der Waals surface area (Å²) in [6.45, 7) is 0. The van der Waals surface area contributed by atoms with Gasteiger partial charge in [0.1, 0.15) is 11.5 Å². The first-order valence-corrected chi connectivity index (χ1v) is 9.32. The lowest BCUT2D eigenvalue weighted by atomic mass is 10.1. The highest BCUT2D eigenvalue weighted by atomic mass is 32.1. The van der Waals surface area contributed by atoms with Crippen LogP contribution in [0.5, 0.6) is 11.5 Å². The predicted octanol–water partition coefficient (Wildman–Crippen LogP) is 5.03. The number of carbonyl (C=O) groups is 1. The van der Waals surface area contributed by atoms with Crippen LogP contribution in [0.4, 0.5) is 18.3 Å². The molecule has 2 aromatic carbocycles. The summed E-state index contributed by atoms with van der Waals surface area (Å²) >= 11 is 1.24. The number of nitrogens with zero attached hydrogens (tertiary/aromatic N) is 1. The van der Waals surface area contributed by atoms with Crippen molar-refractivity contribution in [3.05, 3.63) is 59.0 Å². The molecule has 3 aromatic rings. The van der Waals surface area contributed by atoms with Crippen LogP contribution in [0, 0.1) is 0 Å². The van der Waals surface area contributed by atoms with Gasteiger partial charge in [0, 0.05) is 17.0 Å². The molecule has 1 aromatic heterocycles. The smallest absolute Gasteiger partial charge is 0.416 e. The molecule has 1 amide bonds. The highest BCUT2D eigenvalue weighted by Crippen LogP contribution is 2.35. The van der Waals surface area contributed by atoms with Crippen molar-refractivity contribution >= 4 is 22.4 Å². The van der Waals surface area contributed by atoms with Crippen molar-refractivity contribution in [1.29, 1.82) is 0 Å². The first-order chi connectivity index (χ1) is 13.8. The second-order valence-electron chi connectivity index (χ2n) is 6.02. The molecule has 1 N–H and O–H groups in total. The van der Waals surface area contributed by atoms with E-state index in [1.807, 2.05) is 0 Å². The number of amides is 1. The van der Waals surface area contributed by atoms with Crippen LogP contribution in [0.15, 0.2) is 47.8 Å². The number of aromatic nitrogens is 1. The van der Waals surface area contributed by atoms with Gasteiger partial charge in [0.15, 0.2) is 5.13 Å². The average molecular weight is 422 g/mol. The number of rotatable bonds is 6. The third-order valence-corrected chi connectivity index (χ3v) is 4.84. The number of methoxy groups -OCH3 is 2. The van der Waals surface area contributed by atoms with Crippen molar-refractivity contribution in [3.8, 4) is 22.8 Å². The summed E-state index contributed by atoms with van der Waals surface area (Å²) in [7, 11) is 3.10. The number of anilines is 1. The van der Waals surface area contributed by atoms with Crippen LogP contribution in [-0.4, -0.2) is 25.1 Å². The van der Waals surface area contributed by atoms with Crippen LogP contribution >= 0.6 is 11.3 Å². The van der Waals surface area contributed by atoms with Crippen LogP contribution in [0.2, 0.25) is 0 Å². The minimum atomic E-state index is -4.40. The summed E-state index contributed by atoms with van der Waals surface area (Å²) in [5.74, 6) is 0.857. The van der Waals surface area contributed by atoms with E-state index in [4.69, 9.17) is 9.47 Å². The van der Waals surface area contributed by atoms with E-state index in [0.717, 1.165) is 17.7 Å². The van der Waals surface area contributed by atoms with Crippen LogP contribution in [0.3, 0.4) is 0 Å². The Hall–Kier alpha value is -3.07. The number of ether oxygens (including phenoxy) is 2. The van der Waals surface area contributed by atoms with Crippen LogP contribution in [-0.2, 0) is 17.4 Å². The lowest BCUT2D eigenvalue weighted by Gasteiger charge is -2.08. The Labute approximate surface area is 169 Å². The number of hydrogen-bond acceptors (Lipinski definition) is 5. The van der Waals surface area contributed by atoms with Crippen molar-refractivity contribution in [2.24, 2.45) is 0 Å². The lowest BCUT2D eigenvalue weighted by molar-refractivity contribution is -0.137. The summed E-state index contributed by atoms with van der Waals surface area (Å²) in [6.07, 6.45) is -4.46. The Morgan fingerprint density at radius 1 is 1.10 bits per heavy atom. The molecule has 0 radical (unpaired) electrons. The van der Waals surface area contributed by atoms with Gasteiger partial charge in [-0.1, -0.05) is 12.1 Å². The minimum absolute atomic E-state index is 0.0566. The standard InChI is InChI=1S/C20H17F3N2O3S/c1-27-14-7-8-15(17(10-14)28-2)16-11-29-19(24-16)25-18(26)9-12-3-5-13(6-4-12)20(21,22)23/h3-8,10-11H,9H2,1-2H3,(H,24,25,26). The van der Waals surface area contributed by atoms with E-state index in [1.165, 1.54) is 30.6 Å². The van der Waals surface area contributed by atoms with Crippen LogP contribution in [0.1, 0.15) is 11.1 Å². The van der Waals surface area contributed by atoms with Crippen LogP contribution in [0.25, 0.3) is 11.3 Å². The molecule has 0 unspecified atom stereocenters. The van der Waals surface area contributed by atoms with Gasteiger partial charge in [-0.25, -0.2) is 4.98 Å². The van der Waals surface area contributed by atoms with Gasteiger partial charge >= 0.3 is 6.18 Å². The van der Waals surface area contributed by atoms with Gasteiger partial charge < -0.3 is 14.8 Å². The number of hydrogen-bond donors (Lipinski definition) is 1. The molecule has 29 heavy (non-hydrogen) atoms. The summed E-state index contributed by atoms with van der Waals surface area (Å²) in [5.41, 5.74) is 1.09. The van der Waals surface area contributed by atoms with Crippen molar-refractivity contribution in [1.82, 2.24) is 4.98 Å². The molecule has 0 atom stereocenters. The number of nitrogens with one attached hydrogen (secondary N) is 1. The maximum atomic E-state index is 12.6. The molecule has 9 heteroatoms. The van der Waals surface area contributed by atoms with Gasteiger partial charge in [-0.05, 0) is 29.8 Å². The normalized spacial score (nSPS) is 11.2. The molecule has 152 valence electrons. The maximum absolute atomic E-state index is 12.6. The lowest BCUT2D eigenvalue weighted by Crippen LogP contribution is -2.14. The van der Waals surface area contributed by atoms with Gasteiger partial charge in [0.05, 0.1) is 31.9 Å². The van der Waals surface area contributed by atoms with Gasteiger partial charge in [0.25, 0.3) is 0 Å². The van der Waals surface area contributed by atoms with E-state index in [2.05, 4.69) is 10.3 Å². The molecule has 0 spiro atoms. The van der Waals surface area contributed by atoms with E-state index in [9.17, 15) is 18.0 Å². The molecule has 0 saturated carbocycles. The molecule has 0 bridgehead atoms. The third kappa shape index (κ3) is 5.05. The molecular weight excluding hydrogens is 405 g/mol. The zero-order valence-electron chi connectivity index (χ0n) is 15.5. The molecule has 3 rings (SSSR count). The zero-order chi connectivity index (χ0) is 21.0. The van der Waals surface area contributed by atoms with Crippen molar-refractivity contribution in [2.45, 2.75) is 12.6 Å². The fraction of sp³-hybridized carbons (Fsp3) is 0.200. The van der Waals surface area contributed by atoms with E-state index in [0.29, 0.717) is 27.9 Å². The topological polar surface area (TPSA) is 60.5 Å². The molecule has 1 heterocycles. The Morgan fingerprint density at radius 2 is 1.83 bits per heavy atom. The number of carbonyl (C=O) groups excluding carboxylic acids is 1. The second kappa shape index (κ2) is 8.52. The van der Waals surface area contributed by atoms with E-state index in [1.54, 1.807) is 30.7 Å². The molecule has 0 saturated heterocycles. The summed E-state index contributed by atoms with van der Waals surface area (Å²) in [5, 5.41) is 4.83. The second-order valence-corrected chi connectivity index (χ2v) is 6.88. The number of halogens is 3. The van der Waals surface area contributed by atoms with Gasteiger partial charge in [-0.15, -0.1) is 11.3 Å². The highest BCUT2D eigenvalue weighted by molar-refractivity contribution is 7.14. The van der Waals surface area contributed by atoms with Crippen molar-refractivity contribution in [2.75, 3.05) is 19.5 Å². The number of benzene rings is 2. The number of alkyl halides is 3. The molecular formula is C20H17F3N2O3S. The van der Waals surface area contributed by atoms with Gasteiger partial charge in [-0.3, -0.25) is 4.79 Å². The van der Waals surface area contributed by atoms with Gasteiger partial charge in [-0.2, -0.15) is 13.2 Å². The fourth-order valence-electron chi connectivity index (χ4n) is 2.63. The summed E-state index contributed by atoms with van der Waals surface area (Å²) in [4.78, 5) is 16.6. The first kappa shape index (κ1) is 20.7. The van der Waals surface area contributed by atoms with Crippen LogP contribution < -0.4 is 14.8 Å². The summed E-state index contributed by atoms with van der Waals surface area (Å²) in [6, 6.07) is 9.81. The zero-order valence-corrected chi connectivity index (χ0v) is 16.4. The maximum Gasteiger partial charge on any atom is 0.416 e. The Kier molecular flexibility index (Phi) is 6.07. The third-order valence-electron chi connectivity index (χ3n) is 4.08. The molecule has 0 fully saturated rings. The molecule has 0 aliphatic carbocycles. The quantitative estimate of drug-likeness (QED) is 0.606. The SMILES string of the molecule is COc1ccc(-c2csc(NC(=O)Cc3ccc(C(F)(F)F)cc3)n2)c(OC)c1. The van der Waals surface area contributed by atoms with Crippen molar-refractivity contribution < 1.29 is 27.4 Å². The summed E-state index contributed by atoms with van der Waals surface area (Å²) < 4.78 is 48.4. The number of thiazole rings is 1. The van der Waals surface area contributed by atoms with Gasteiger partial charge in [0.2, 0.25) is 5.91 Å². The fourth-order valence-corrected chi connectivity index (χ4v) is 3.35. The van der Waals surface area contributed by atoms with Crippen molar-refractivity contribution in [3.63, 3.8) is 0 Å². The monoisotopic (exact) mass is 422 g/mol. The molecule has 0 aliphatic rings. The van der Waals surface area contributed by atoms with E-state index >= 15 is 0 Å². The van der Waals surface area contributed by atoms with E-state index < -0.39 is 11.7 Å². The highest BCUT2D eigenvalue weighted by Gasteiger charge is 2.30. The minimum Gasteiger partial charge on any atom is -0.497 e. The molecule has 0 aliphatic heterocycles. The average Bonchev–Trinajstić information content (AvgIpc) is 3.15. The predicted molar refractivity (Wildman–Crippen MR) is 104 cm³/mol. The first-order valence-electron chi connectivity index (χ1n) is 8.44. The largest absolute Gasteiger partial charge is 0.497 e. The Balaban J connectivity index is 1.68. The Bertz CT molecular complexity index is 1000. The van der Waals surface area contributed by atoms with E-state index in [-0.39, 0.29) is 12.3 Å². The molecule has 5 nitrogen and oxygen atoms in total.